The van der Waals surface area contributed by atoms with Crippen molar-refractivity contribution in [1.82, 2.24) is 10.3 Å². The Morgan fingerprint density at radius 1 is 1.29 bits per heavy atom. The van der Waals surface area contributed by atoms with E-state index in [2.05, 4.69) is 10.3 Å². The van der Waals surface area contributed by atoms with Crippen molar-refractivity contribution in [3.63, 3.8) is 0 Å². The Hall–Kier alpha value is -2.13. The normalized spacial score (nSPS) is 18.9. The molecule has 0 aliphatic carbocycles. The molecule has 0 unspecified atom stereocenters. The summed E-state index contributed by atoms with van der Waals surface area (Å²) in [6.45, 7) is 13.0. The second-order valence-corrected chi connectivity index (χ2v) is 8.77. The van der Waals surface area contributed by atoms with E-state index in [-0.39, 0.29) is 12.2 Å². The highest BCUT2D eigenvalue weighted by Gasteiger charge is 2.52. The minimum atomic E-state index is -0.760. The number of nitrogens with one attached hydrogen (secondary N) is 1. The van der Waals surface area contributed by atoms with Crippen molar-refractivity contribution >= 4 is 25.0 Å². The lowest BCUT2D eigenvalue weighted by Gasteiger charge is -2.32. The van der Waals surface area contributed by atoms with Crippen molar-refractivity contribution in [3.05, 3.63) is 29.2 Å². The molecule has 1 aromatic heterocycles. The zero-order chi connectivity index (χ0) is 21.3. The molecule has 2 rings (SSSR count). The monoisotopic (exact) mass is 393 g/mol. The number of nitrogen functional groups attached to an aromatic ring is 1. The van der Waals surface area contributed by atoms with Crippen LogP contribution in [0.1, 0.15) is 54.2 Å². The van der Waals surface area contributed by atoms with Crippen LogP contribution in [0.25, 0.3) is 6.08 Å². The van der Waals surface area contributed by atoms with Gasteiger partial charge in [0, 0.05) is 6.54 Å². The lowest BCUT2D eigenvalue weighted by Crippen LogP contribution is -2.41. The molecule has 1 aliphatic heterocycles. The van der Waals surface area contributed by atoms with E-state index in [9.17, 15) is 9.18 Å². The van der Waals surface area contributed by atoms with Gasteiger partial charge in [0.15, 0.2) is 0 Å². The number of ether oxygens (including phenoxy) is 1. The number of hydrogen-bond donors (Lipinski definition) is 2. The predicted molar refractivity (Wildman–Crippen MR) is 107 cm³/mol. The van der Waals surface area contributed by atoms with E-state index in [0.717, 1.165) is 0 Å². The van der Waals surface area contributed by atoms with Crippen LogP contribution < -0.4 is 11.1 Å². The van der Waals surface area contributed by atoms with Gasteiger partial charge < -0.3 is 25.1 Å². The number of anilines is 1. The van der Waals surface area contributed by atoms with Crippen molar-refractivity contribution in [1.29, 1.82) is 0 Å². The summed E-state index contributed by atoms with van der Waals surface area (Å²) in [7, 11) is -0.760. The first kappa shape index (κ1) is 22.2. The van der Waals surface area contributed by atoms with E-state index in [0.29, 0.717) is 11.2 Å². The number of hydrogen-bond acceptors (Lipinski definition) is 6. The largest absolute Gasteiger partial charge is 0.492 e. The van der Waals surface area contributed by atoms with Crippen LogP contribution in [0.3, 0.4) is 0 Å². The molecule has 3 N–H and O–H groups in total. The zero-order valence-electron chi connectivity index (χ0n) is 17.6. The summed E-state index contributed by atoms with van der Waals surface area (Å²) in [5.41, 5.74) is 5.19. The van der Waals surface area contributed by atoms with Gasteiger partial charge in [-0.05, 0) is 72.1 Å². The summed E-state index contributed by atoms with van der Waals surface area (Å²) in [5, 5.41) is 2.67. The van der Waals surface area contributed by atoms with Crippen molar-refractivity contribution in [3.8, 4) is 0 Å². The number of nitrogens with zero attached hydrogens (tertiary/aromatic N) is 1. The van der Waals surface area contributed by atoms with E-state index < -0.39 is 36.0 Å². The third kappa shape index (κ3) is 5.45. The molecule has 0 saturated carbocycles. The molecular formula is C19H29BFN3O4. The fraction of sp³-hybridized carbons (Fsp3) is 0.579. The molecule has 2 heterocycles. The number of aromatic nitrogens is 1. The number of carbonyl (C=O) groups is 1. The van der Waals surface area contributed by atoms with E-state index in [4.69, 9.17) is 19.8 Å². The van der Waals surface area contributed by atoms with Crippen molar-refractivity contribution < 1.29 is 23.2 Å². The Balaban J connectivity index is 2.30. The first-order valence-corrected chi connectivity index (χ1v) is 9.15. The highest BCUT2D eigenvalue weighted by atomic mass is 19.1. The summed E-state index contributed by atoms with van der Waals surface area (Å²) in [5.74, 6) is -0.659. The lowest BCUT2D eigenvalue weighted by atomic mass is 9.77. The van der Waals surface area contributed by atoms with E-state index >= 15 is 0 Å². The molecular weight excluding hydrogens is 364 g/mol. The van der Waals surface area contributed by atoms with Crippen LogP contribution in [0.4, 0.5) is 14.9 Å². The molecule has 9 heteroatoms. The summed E-state index contributed by atoms with van der Waals surface area (Å²) < 4.78 is 31.0. The van der Waals surface area contributed by atoms with Gasteiger partial charge in [-0.3, -0.25) is 0 Å². The minimum Gasteiger partial charge on any atom is -0.444 e. The highest BCUT2D eigenvalue weighted by molar-refractivity contribution is 6.56. The summed E-state index contributed by atoms with van der Waals surface area (Å²) in [4.78, 5) is 15.9. The van der Waals surface area contributed by atoms with Crippen LogP contribution in [0, 0.1) is 5.95 Å². The summed E-state index contributed by atoms with van der Waals surface area (Å²) in [6, 6.07) is 2.61. The Kier molecular flexibility index (Phi) is 6.11. The van der Waals surface area contributed by atoms with Gasteiger partial charge in [0.25, 0.3) is 0 Å². The van der Waals surface area contributed by atoms with Gasteiger partial charge in [-0.2, -0.15) is 4.39 Å². The third-order valence-corrected chi connectivity index (χ3v) is 4.64. The van der Waals surface area contributed by atoms with Gasteiger partial charge in [-0.1, -0.05) is 0 Å². The number of pyridine rings is 1. The fourth-order valence-electron chi connectivity index (χ4n) is 2.44. The number of nitrogens with two attached hydrogens (primary N) is 1. The molecule has 154 valence electrons. The molecule has 28 heavy (non-hydrogen) atoms. The molecule has 1 amide bonds. The smallest absolute Gasteiger partial charge is 0.444 e. The van der Waals surface area contributed by atoms with Crippen molar-refractivity contribution in [2.45, 2.75) is 65.3 Å². The number of amides is 1. The van der Waals surface area contributed by atoms with E-state index in [1.807, 2.05) is 27.7 Å². The maximum Gasteiger partial charge on any atom is 0.492 e. The van der Waals surface area contributed by atoms with E-state index in [1.54, 1.807) is 26.8 Å². The first-order valence-electron chi connectivity index (χ1n) is 9.15. The third-order valence-electron chi connectivity index (χ3n) is 4.64. The van der Waals surface area contributed by atoms with E-state index in [1.165, 1.54) is 12.1 Å². The van der Waals surface area contributed by atoms with Crippen molar-refractivity contribution in [2.75, 3.05) is 12.3 Å². The number of carbonyl (C=O) groups excluding carboxylic acids is 1. The van der Waals surface area contributed by atoms with Gasteiger partial charge in [0.2, 0.25) is 5.95 Å². The van der Waals surface area contributed by atoms with Crippen LogP contribution in [0.5, 0.6) is 0 Å². The molecule has 0 bridgehead atoms. The maximum atomic E-state index is 13.6. The van der Waals surface area contributed by atoms with Gasteiger partial charge in [-0.15, -0.1) is 0 Å². The molecule has 0 aromatic carbocycles. The lowest BCUT2D eigenvalue weighted by molar-refractivity contribution is 0.00578. The van der Waals surface area contributed by atoms with Gasteiger partial charge in [-0.25, -0.2) is 9.78 Å². The Morgan fingerprint density at radius 2 is 1.86 bits per heavy atom. The Morgan fingerprint density at radius 3 is 2.39 bits per heavy atom. The quantitative estimate of drug-likeness (QED) is 0.602. The first-order chi connectivity index (χ1) is 12.7. The Bertz CT molecular complexity index is 759. The SMILES string of the molecule is CC(C)(C)OC(=O)NCC(=Cc1nc(F)ccc1N)B1OC(C)(C)C(C)(C)O1. The Labute approximate surface area is 166 Å². The van der Waals surface area contributed by atoms with Crippen LogP contribution in [-0.2, 0) is 14.0 Å². The topological polar surface area (TPSA) is 95.7 Å². The predicted octanol–water partition coefficient (Wildman–Crippen LogP) is 3.34. The summed E-state index contributed by atoms with van der Waals surface area (Å²) >= 11 is 0. The van der Waals surface area contributed by atoms with Crippen LogP contribution in [0.2, 0.25) is 0 Å². The molecule has 0 radical (unpaired) electrons. The minimum absolute atomic E-state index is 0.0589. The molecule has 0 spiro atoms. The van der Waals surface area contributed by atoms with Crippen molar-refractivity contribution in [2.24, 2.45) is 0 Å². The zero-order valence-corrected chi connectivity index (χ0v) is 17.6. The number of halogens is 1. The molecule has 1 saturated heterocycles. The molecule has 1 aliphatic rings. The second-order valence-electron chi connectivity index (χ2n) is 8.77. The van der Waals surface area contributed by atoms with Gasteiger partial charge >= 0.3 is 13.2 Å². The molecule has 1 aromatic rings. The van der Waals surface area contributed by atoms with Crippen LogP contribution in [-0.4, -0.2) is 41.5 Å². The van der Waals surface area contributed by atoms with Gasteiger partial charge in [0.05, 0.1) is 22.6 Å². The maximum absolute atomic E-state index is 13.6. The fourth-order valence-corrected chi connectivity index (χ4v) is 2.44. The average molecular weight is 393 g/mol. The molecule has 1 fully saturated rings. The standard InChI is InChI=1S/C19H29BFN3O4/c1-17(2,3)26-16(25)23-11-12(10-14-13(22)8-9-15(21)24-14)20-27-18(4,5)19(6,7)28-20/h8-10H,11,22H2,1-7H3,(H,23,25). The van der Waals surface area contributed by atoms with Crippen LogP contribution in [0.15, 0.2) is 17.6 Å². The van der Waals surface area contributed by atoms with Gasteiger partial charge in [0.1, 0.15) is 5.60 Å². The highest BCUT2D eigenvalue weighted by Crippen LogP contribution is 2.38. The van der Waals surface area contributed by atoms with Crippen LogP contribution >= 0.6 is 0 Å². The molecule has 0 atom stereocenters. The molecule has 7 nitrogen and oxygen atoms in total. The number of alkyl carbamates (subject to hydrolysis) is 1. The number of rotatable bonds is 4. The average Bonchev–Trinajstić information content (AvgIpc) is 2.73. The second kappa shape index (κ2) is 7.71. The summed E-state index contributed by atoms with van der Waals surface area (Å²) in [6.07, 6.45) is 0.980.